The third-order valence-electron chi connectivity index (χ3n) is 3.80. The average Bonchev–Trinajstić information content (AvgIpc) is 3.21. The molecule has 2 nitrogen and oxygen atoms in total. The maximum absolute atomic E-state index is 12.1. The topological polar surface area (TPSA) is 20.3 Å². The van der Waals surface area contributed by atoms with Gasteiger partial charge in [-0.05, 0) is 25.2 Å². The number of unbranched alkanes of at least 4 members (excludes halogenated alkanes) is 6. The second-order valence-electron chi connectivity index (χ2n) is 5.79. The van der Waals surface area contributed by atoms with E-state index in [1.807, 2.05) is 4.90 Å². The molecule has 0 aromatic heterocycles. The predicted octanol–water partition coefficient (Wildman–Crippen LogP) is 4.00. The third-order valence-corrected chi connectivity index (χ3v) is 3.80. The molecule has 2 heteroatoms. The second kappa shape index (κ2) is 9.89. The molecule has 108 valence electrons. The first kappa shape index (κ1) is 16.1. The minimum absolute atomic E-state index is 0.262. The lowest BCUT2D eigenvalue weighted by molar-refractivity contribution is -0.130. The Morgan fingerprint density at radius 2 is 1.79 bits per heavy atom. The van der Waals surface area contributed by atoms with Gasteiger partial charge in [0.15, 0.2) is 0 Å². The molecule has 0 aromatic carbocycles. The Morgan fingerprint density at radius 1 is 1.16 bits per heavy atom. The van der Waals surface area contributed by atoms with Crippen molar-refractivity contribution in [1.29, 1.82) is 0 Å². The fraction of sp³-hybridized carbons (Fsp3) is 0.824. The fourth-order valence-electron chi connectivity index (χ4n) is 2.37. The van der Waals surface area contributed by atoms with E-state index in [9.17, 15) is 4.79 Å². The van der Waals surface area contributed by atoms with Crippen LogP contribution in [0.25, 0.3) is 0 Å². The number of terminal acetylenes is 1. The Hall–Kier alpha value is -0.970. The van der Waals surface area contributed by atoms with Crippen LogP contribution >= 0.6 is 0 Å². The molecule has 0 radical (unpaired) electrons. The van der Waals surface area contributed by atoms with Gasteiger partial charge in [0.05, 0.1) is 6.54 Å². The molecule has 1 aliphatic rings. The molecule has 1 fully saturated rings. The summed E-state index contributed by atoms with van der Waals surface area (Å²) in [5.74, 6) is 3.60. The van der Waals surface area contributed by atoms with Crippen molar-refractivity contribution in [3.63, 3.8) is 0 Å². The predicted molar refractivity (Wildman–Crippen MR) is 80.7 cm³/mol. The SMILES string of the molecule is C#CCN(CC1CC1)C(=O)CCCCCCCCC. The van der Waals surface area contributed by atoms with Crippen LogP contribution in [-0.4, -0.2) is 23.9 Å². The lowest BCUT2D eigenvalue weighted by Crippen LogP contribution is -2.33. The molecule has 0 saturated heterocycles. The van der Waals surface area contributed by atoms with Crippen molar-refractivity contribution >= 4 is 5.91 Å². The smallest absolute Gasteiger partial charge is 0.223 e. The van der Waals surface area contributed by atoms with Crippen LogP contribution in [0.15, 0.2) is 0 Å². The summed E-state index contributed by atoms with van der Waals surface area (Å²) in [7, 11) is 0. The third kappa shape index (κ3) is 7.93. The molecule has 1 rings (SSSR count). The Balaban J connectivity index is 2.05. The van der Waals surface area contributed by atoms with Gasteiger partial charge in [0.2, 0.25) is 5.91 Å². The standard InChI is InChI=1S/C17H29NO/c1-3-5-6-7-8-9-10-11-17(19)18(14-4-2)15-16-12-13-16/h2,16H,3,5-15H2,1H3. The van der Waals surface area contributed by atoms with E-state index in [4.69, 9.17) is 6.42 Å². The van der Waals surface area contributed by atoms with Crippen molar-refractivity contribution in [3.8, 4) is 12.3 Å². The normalized spacial score (nSPS) is 14.1. The van der Waals surface area contributed by atoms with Gasteiger partial charge in [-0.25, -0.2) is 0 Å². The molecule has 0 heterocycles. The Labute approximate surface area is 118 Å². The van der Waals surface area contributed by atoms with Crippen LogP contribution in [0, 0.1) is 18.3 Å². The quantitative estimate of drug-likeness (QED) is 0.407. The van der Waals surface area contributed by atoms with Gasteiger partial charge in [0.25, 0.3) is 0 Å². The Bertz CT molecular complexity index is 288. The van der Waals surface area contributed by atoms with Gasteiger partial charge >= 0.3 is 0 Å². The van der Waals surface area contributed by atoms with E-state index in [2.05, 4.69) is 12.8 Å². The summed E-state index contributed by atoms with van der Waals surface area (Å²) in [6, 6.07) is 0. The molecule has 0 spiro atoms. The first-order valence-corrected chi connectivity index (χ1v) is 7.99. The van der Waals surface area contributed by atoms with Gasteiger partial charge in [-0.2, -0.15) is 0 Å². The van der Waals surface area contributed by atoms with E-state index in [0.717, 1.165) is 18.9 Å². The molecule has 1 saturated carbocycles. The van der Waals surface area contributed by atoms with Crippen LogP contribution in [0.5, 0.6) is 0 Å². The van der Waals surface area contributed by atoms with Gasteiger partial charge in [-0.1, -0.05) is 51.4 Å². The summed E-state index contributed by atoms with van der Waals surface area (Å²) >= 11 is 0. The van der Waals surface area contributed by atoms with E-state index in [1.54, 1.807) is 0 Å². The summed E-state index contributed by atoms with van der Waals surface area (Å²) in [5.41, 5.74) is 0. The number of rotatable bonds is 11. The van der Waals surface area contributed by atoms with Crippen LogP contribution in [0.3, 0.4) is 0 Å². The summed E-state index contributed by atoms with van der Waals surface area (Å²) in [4.78, 5) is 13.9. The number of hydrogen-bond donors (Lipinski definition) is 0. The average molecular weight is 263 g/mol. The minimum Gasteiger partial charge on any atom is -0.331 e. The van der Waals surface area contributed by atoms with Crippen molar-refractivity contribution in [2.45, 2.75) is 71.1 Å². The zero-order valence-electron chi connectivity index (χ0n) is 12.5. The number of carbonyl (C=O) groups is 1. The largest absolute Gasteiger partial charge is 0.331 e. The summed E-state index contributed by atoms with van der Waals surface area (Å²) in [6.07, 6.45) is 17.3. The zero-order valence-corrected chi connectivity index (χ0v) is 12.5. The molecule has 0 aromatic rings. The van der Waals surface area contributed by atoms with Crippen molar-refractivity contribution in [1.82, 2.24) is 4.90 Å². The highest BCUT2D eigenvalue weighted by atomic mass is 16.2. The summed E-state index contributed by atoms with van der Waals surface area (Å²) < 4.78 is 0. The molecule has 0 N–H and O–H groups in total. The van der Waals surface area contributed by atoms with Crippen LogP contribution < -0.4 is 0 Å². The molecule has 1 aliphatic carbocycles. The number of amides is 1. The van der Waals surface area contributed by atoms with Gasteiger partial charge in [-0.3, -0.25) is 4.79 Å². The van der Waals surface area contributed by atoms with Crippen molar-refractivity contribution in [3.05, 3.63) is 0 Å². The van der Waals surface area contributed by atoms with Gasteiger partial charge in [0, 0.05) is 13.0 Å². The first-order valence-electron chi connectivity index (χ1n) is 7.99. The molecular weight excluding hydrogens is 234 g/mol. The van der Waals surface area contributed by atoms with Crippen LogP contribution in [0.4, 0.5) is 0 Å². The van der Waals surface area contributed by atoms with Crippen LogP contribution in [0.1, 0.15) is 71.1 Å². The van der Waals surface area contributed by atoms with Gasteiger partial charge < -0.3 is 4.90 Å². The highest BCUT2D eigenvalue weighted by Crippen LogP contribution is 2.29. The molecular formula is C17H29NO. The molecule has 19 heavy (non-hydrogen) atoms. The number of hydrogen-bond acceptors (Lipinski definition) is 1. The molecule has 0 aliphatic heterocycles. The highest BCUT2D eigenvalue weighted by molar-refractivity contribution is 5.76. The maximum Gasteiger partial charge on any atom is 0.223 e. The second-order valence-corrected chi connectivity index (χ2v) is 5.79. The van der Waals surface area contributed by atoms with E-state index >= 15 is 0 Å². The lowest BCUT2D eigenvalue weighted by atomic mass is 10.1. The number of carbonyl (C=O) groups excluding carboxylic acids is 1. The van der Waals surface area contributed by atoms with Crippen molar-refractivity contribution in [2.24, 2.45) is 5.92 Å². The van der Waals surface area contributed by atoms with E-state index in [-0.39, 0.29) is 5.91 Å². The van der Waals surface area contributed by atoms with Crippen LogP contribution in [0.2, 0.25) is 0 Å². The minimum atomic E-state index is 0.262. The van der Waals surface area contributed by atoms with E-state index in [0.29, 0.717) is 13.0 Å². The van der Waals surface area contributed by atoms with Crippen LogP contribution in [-0.2, 0) is 4.79 Å². The highest BCUT2D eigenvalue weighted by Gasteiger charge is 2.25. The summed E-state index contributed by atoms with van der Waals surface area (Å²) in [5, 5.41) is 0. The lowest BCUT2D eigenvalue weighted by Gasteiger charge is -2.20. The number of nitrogens with zero attached hydrogens (tertiary/aromatic N) is 1. The molecule has 1 amide bonds. The Kier molecular flexibility index (Phi) is 8.38. The monoisotopic (exact) mass is 263 g/mol. The van der Waals surface area contributed by atoms with E-state index < -0.39 is 0 Å². The fourth-order valence-corrected chi connectivity index (χ4v) is 2.37. The molecule has 0 bridgehead atoms. The zero-order chi connectivity index (χ0) is 13.9. The van der Waals surface area contributed by atoms with Gasteiger partial charge in [0.1, 0.15) is 0 Å². The Morgan fingerprint density at radius 3 is 2.37 bits per heavy atom. The van der Waals surface area contributed by atoms with E-state index in [1.165, 1.54) is 51.4 Å². The summed E-state index contributed by atoms with van der Waals surface area (Å²) in [6.45, 7) is 3.62. The molecule has 0 unspecified atom stereocenters. The first-order chi connectivity index (χ1) is 9.27. The maximum atomic E-state index is 12.1. The van der Waals surface area contributed by atoms with Crippen molar-refractivity contribution < 1.29 is 4.79 Å². The molecule has 0 atom stereocenters. The van der Waals surface area contributed by atoms with Crippen molar-refractivity contribution in [2.75, 3.05) is 13.1 Å². The van der Waals surface area contributed by atoms with Gasteiger partial charge in [-0.15, -0.1) is 6.42 Å².